The molecule has 2 N–H and O–H groups in total. The Hall–Kier alpha value is -0.640. The summed E-state index contributed by atoms with van der Waals surface area (Å²) in [6, 6.07) is 5.56. The number of hydrogen-bond acceptors (Lipinski definition) is 2. The van der Waals surface area contributed by atoms with Gasteiger partial charge in [-0.05, 0) is 26.0 Å². The van der Waals surface area contributed by atoms with E-state index >= 15 is 0 Å². The van der Waals surface area contributed by atoms with Gasteiger partial charge in [0.2, 0.25) is 0 Å². The number of nitrogens with two attached hydrogens (primary N) is 1. The van der Waals surface area contributed by atoms with Crippen LogP contribution < -0.4 is 5.73 Å². The van der Waals surface area contributed by atoms with Crippen molar-refractivity contribution in [1.29, 1.82) is 0 Å². The second-order valence-electron chi connectivity index (χ2n) is 4.29. The van der Waals surface area contributed by atoms with Crippen molar-refractivity contribution in [3.8, 4) is 0 Å². The zero-order chi connectivity index (χ0) is 11.7. The van der Waals surface area contributed by atoms with Crippen LogP contribution in [0.3, 0.4) is 0 Å². The maximum absolute atomic E-state index is 13.9. The smallest absolute Gasteiger partial charge is 0.146 e. The van der Waals surface area contributed by atoms with Gasteiger partial charge in [-0.25, -0.2) is 4.39 Å². The third-order valence-electron chi connectivity index (χ3n) is 3.18. The first-order valence-electron chi connectivity index (χ1n) is 5.51. The predicted molar refractivity (Wildman–Crippen MR) is 64.0 cm³/mol. The molecule has 0 aromatic heterocycles. The van der Waals surface area contributed by atoms with E-state index in [4.69, 9.17) is 17.3 Å². The van der Waals surface area contributed by atoms with E-state index in [0.717, 1.165) is 0 Å². The summed E-state index contributed by atoms with van der Waals surface area (Å²) in [4.78, 5) is 2.15. The summed E-state index contributed by atoms with van der Waals surface area (Å²) in [7, 11) is 2.00. The van der Waals surface area contributed by atoms with Crippen LogP contribution in [-0.4, -0.2) is 24.5 Å². The molecule has 1 aromatic carbocycles. The molecule has 1 aliphatic rings. The fourth-order valence-corrected chi connectivity index (χ4v) is 2.21. The number of nitrogens with zero attached hydrogens (tertiary/aromatic N) is 1. The van der Waals surface area contributed by atoms with Crippen LogP contribution in [0.1, 0.15) is 24.4 Å². The molecule has 0 aliphatic heterocycles. The molecule has 0 radical (unpaired) electrons. The van der Waals surface area contributed by atoms with Crippen molar-refractivity contribution >= 4 is 11.6 Å². The highest BCUT2D eigenvalue weighted by Gasteiger charge is 2.32. The molecular weight excluding hydrogens is 227 g/mol. The number of likely N-dealkylation sites (N-methyl/N-ethyl adjacent to an activating group) is 1. The van der Waals surface area contributed by atoms with E-state index in [9.17, 15) is 4.39 Å². The second kappa shape index (κ2) is 4.70. The van der Waals surface area contributed by atoms with E-state index < -0.39 is 0 Å². The third-order valence-corrected chi connectivity index (χ3v) is 3.47. The summed E-state index contributed by atoms with van der Waals surface area (Å²) in [6.07, 6.45) is 2.35. The van der Waals surface area contributed by atoms with E-state index in [1.807, 2.05) is 7.05 Å². The average Bonchev–Trinajstić information content (AvgIpc) is 3.08. The molecule has 1 saturated carbocycles. The molecule has 4 heteroatoms. The van der Waals surface area contributed by atoms with E-state index in [0.29, 0.717) is 18.2 Å². The first-order chi connectivity index (χ1) is 7.65. The highest BCUT2D eigenvalue weighted by atomic mass is 35.5. The molecule has 0 heterocycles. The Morgan fingerprint density at radius 1 is 1.56 bits per heavy atom. The Kier molecular flexibility index (Phi) is 3.47. The topological polar surface area (TPSA) is 29.3 Å². The van der Waals surface area contributed by atoms with Crippen molar-refractivity contribution in [3.63, 3.8) is 0 Å². The minimum Gasteiger partial charge on any atom is -0.329 e. The zero-order valence-corrected chi connectivity index (χ0v) is 10.0. The fraction of sp³-hybridized carbons (Fsp3) is 0.500. The molecule has 1 fully saturated rings. The molecule has 2 rings (SSSR count). The molecule has 2 nitrogen and oxygen atoms in total. The van der Waals surface area contributed by atoms with Gasteiger partial charge >= 0.3 is 0 Å². The van der Waals surface area contributed by atoms with Crippen LogP contribution in [0.2, 0.25) is 5.02 Å². The molecular formula is C12H16ClFN2. The molecule has 0 amide bonds. The van der Waals surface area contributed by atoms with E-state index in [-0.39, 0.29) is 16.9 Å². The SMILES string of the molecule is CN(C1CC1)C(CN)c1cccc(Cl)c1F. The number of hydrogen-bond donors (Lipinski definition) is 1. The molecule has 0 saturated heterocycles. The lowest BCUT2D eigenvalue weighted by molar-refractivity contribution is 0.235. The van der Waals surface area contributed by atoms with Crippen LogP contribution in [-0.2, 0) is 0 Å². The van der Waals surface area contributed by atoms with E-state index in [1.54, 1.807) is 18.2 Å². The molecule has 0 spiro atoms. The number of halogens is 2. The lowest BCUT2D eigenvalue weighted by Crippen LogP contribution is -2.32. The summed E-state index contributed by atoms with van der Waals surface area (Å²) >= 11 is 5.78. The second-order valence-corrected chi connectivity index (χ2v) is 4.70. The lowest BCUT2D eigenvalue weighted by atomic mass is 10.0. The van der Waals surface area contributed by atoms with E-state index in [2.05, 4.69) is 4.90 Å². The number of rotatable bonds is 4. The fourth-order valence-electron chi connectivity index (χ4n) is 2.03. The zero-order valence-electron chi connectivity index (χ0n) is 9.29. The van der Waals surface area contributed by atoms with Gasteiger partial charge in [-0.15, -0.1) is 0 Å². The van der Waals surface area contributed by atoms with Gasteiger partial charge in [-0.3, -0.25) is 4.90 Å². The Bertz CT molecular complexity index is 379. The molecule has 1 atom stereocenters. The van der Waals surface area contributed by atoms with Crippen LogP contribution in [0.4, 0.5) is 4.39 Å². The minimum atomic E-state index is -0.341. The lowest BCUT2D eigenvalue weighted by Gasteiger charge is -2.27. The summed E-state index contributed by atoms with van der Waals surface area (Å²) in [5.41, 5.74) is 6.34. The van der Waals surface area contributed by atoms with Crippen molar-refractivity contribution in [2.24, 2.45) is 5.73 Å². The molecule has 0 bridgehead atoms. The van der Waals surface area contributed by atoms with Gasteiger partial charge in [0.25, 0.3) is 0 Å². The maximum Gasteiger partial charge on any atom is 0.146 e. The van der Waals surface area contributed by atoms with E-state index in [1.165, 1.54) is 12.8 Å². The van der Waals surface area contributed by atoms with Crippen LogP contribution in [0.5, 0.6) is 0 Å². The Morgan fingerprint density at radius 2 is 2.25 bits per heavy atom. The van der Waals surface area contributed by atoms with Crippen molar-refractivity contribution in [3.05, 3.63) is 34.6 Å². The van der Waals surface area contributed by atoms with Crippen LogP contribution >= 0.6 is 11.6 Å². The number of benzene rings is 1. The van der Waals surface area contributed by atoms with Crippen molar-refractivity contribution in [2.45, 2.75) is 24.9 Å². The van der Waals surface area contributed by atoms with Crippen LogP contribution in [0, 0.1) is 5.82 Å². The predicted octanol–water partition coefficient (Wildman–Crippen LogP) is 2.57. The molecule has 88 valence electrons. The summed E-state index contributed by atoms with van der Waals surface area (Å²) in [6.45, 7) is 0.407. The largest absolute Gasteiger partial charge is 0.329 e. The van der Waals surface area contributed by atoms with Crippen LogP contribution in [0.15, 0.2) is 18.2 Å². The molecule has 1 aromatic rings. The first-order valence-corrected chi connectivity index (χ1v) is 5.89. The normalized spacial score (nSPS) is 17.8. The van der Waals surface area contributed by atoms with Gasteiger partial charge < -0.3 is 5.73 Å². The standard InChI is InChI=1S/C12H16ClFN2/c1-16(8-5-6-8)11(7-15)9-3-2-4-10(13)12(9)14/h2-4,8,11H,5-7,15H2,1H3. The Morgan fingerprint density at radius 3 is 2.81 bits per heavy atom. The summed E-state index contributed by atoms with van der Waals surface area (Å²) in [5, 5.41) is 0.167. The van der Waals surface area contributed by atoms with Gasteiger partial charge in [0.1, 0.15) is 5.82 Å². The molecule has 1 unspecified atom stereocenters. The molecule has 1 aliphatic carbocycles. The van der Waals surface area contributed by atoms with Gasteiger partial charge in [-0.2, -0.15) is 0 Å². The van der Waals surface area contributed by atoms with Crippen molar-refractivity contribution in [2.75, 3.05) is 13.6 Å². The quantitative estimate of drug-likeness (QED) is 0.879. The minimum absolute atomic E-state index is 0.0776. The third kappa shape index (κ3) is 2.21. The molecule has 16 heavy (non-hydrogen) atoms. The van der Waals surface area contributed by atoms with Crippen molar-refractivity contribution < 1.29 is 4.39 Å². The highest BCUT2D eigenvalue weighted by Crippen LogP contribution is 2.34. The Labute approximate surface area is 100 Å². The monoisotopic (exact) mass is 242 g/mol. The van der Waals surface area contributed by atoms with Gasteiger partial charge in [0.05, 0.1) is 5.02 Å². The van der Waals surface area contributed by atoms with Gasteiger partial charge in [0, 0.05) is 24.2 Å². The van der Waals surface area contributed by atoms with Gasteiger partial charge in [-0.1, -0.05) is 23.7 Å². The summed E-state index contributed by atoms with van der Waals surface area (Å²) < 4.78 is 13.9. The summed E-state index contributed by atoms with van der Waals surface area (Å²) in [5.74, 6) is -0.341. The van der Waals surface area contributed by atoms with Gasteiger partial charge in [0.15, 0.2) is 0 Å². The Balaban J connectivity index is 2.28. The first kappa shape index (κ1) is 11.8. The van der Waals surface area contributed by atoms with Crippen LogP contribution in [0.25, 0.3) is 0 Å². The van der Waals surface area contributed by atoms with Crippen molar-refractivity contribution in [1.82, 2.24) is 4.90 Å². The average molecular weight is 243 g/mol. The maximum atomic E-state index is 13.9. The highest BCUT2D eigenvalue weighted by molar-refractivity contribution is 6.30.